The van der Waals surface area contributed by atoms with E-state index >= 15 is 0 Å². The lowest BCUT2D eigenvalue weighted by Crippen LogP contribution is -2.15. The van der Waals surface area contributed by atoms with Gasteiger partial charge in [-0.25, -0.2) is 9.31 Å². The summed E-state index contributed by atoms with van der Waals surface area (Å²) in [4.78, 5) is 11.8. The van der Waals surface area contributed by atoms with Crippen molar-refractivity contribution in [1.82, 2.24) is 14.8 Å². The summed E-state index contributed by atoms with van der Waals surface area (Å²) >= 11 is 0. The largest absolute Gasteiger partial charge is 0.478 e. The molecule has 5 heterocycles. The number of pyridine rings is 1. The van der Waals surface area contributed by atoms with E-state index in [1.165, 1.54) is 0 Å². The molecule has 0 amide bonds. The number of aromatic nitrogens is 3. The SMILES string of the molecule is Cc1noc(C)c1-c1cnn2ccc(-c3cc(C(=O)O)c(C4CCOCC4)o3)cc12. The number of fused-ring (bicyclic) bond motifs is 1. The highest BCUT2D eigenvalue weighted by Crippen LogP contribution is 2.37. The molecule has 0 bridgehead atoms. The Hall–Kier alpha value is -3.39. The number of carboxylic acids is 1. The van der Waals surface area contributed by atoms with Crippen LogP contribution in [0.1, 0.15) is 46.3 Å². The summed E-state index contributed by atoms with van der Waals surface area (Å²) in [5, 5.41) is 18.2. The molecule has 0 spiro atoms. The van der Waals surface area contributed by atoms with Crippen molar-refractivity contribution in [2.75, 3.05) is 13.2 Å². The Morgan fingerprint density at radius 3 is 2.73 bits per heavy atom. The van der Waals surface area contributed by atoms with Gasteiger partial charge in [0, 0.05) is 36.5 Å². The van der Waals surface area contributed by atoms with E-state index in [2.05, 4.69) is 10.3 Å². The lowest BCUT2D eigenvalue weighted by atomic mass is 9.95. The first-order valence-corrected chi connectivity index (χ1v) is 9.88. The van der Waals surface area contributed by atoms with Gasteiger partial charge < -0.3 is 18.8 Å². The molecular weight excluding hydrogens is 386 g/mol. The van der Waals surface area contributed by atoms with E-state index in [1.54, 1.807) is 16.8 Å². The van der Waals surface area contributed by atoms with E-state index in [9.17, 15) is 9.90 Å². The van der Waals surface area contributed by atoms with Crippen LogP contribution in [0.5, 0.6) is 0 Å². The maximum absolute atomic E-state index is 11.8. The molecule has 4 aromatic heterocycles. The summed E-state index contributed by atoms with van der Waals surface area (Å²) < 4.78 is 18.6. The van der Waals surface area contributed by atoms with Gasteiger partial charge in [-0.2, -0.15) is 5.10 Å². The predicted molar refractivity (Wildman–Crippen MR) is 108 cm³/mol. The minimum Gasteiger partial charge on any atom is -0.478 e. The number of hydrogen-bond donors (Lipinski definition) is 1. The third-order valence-electron chi connectivity index (χ3n) is 5.69. The van der Waals surface area contributed by atoms with E-state index in [1.807, 2.05) is 32.2 Å². The molecule has 154 valence electrons. The second kappa shape index (κ2) is 7.14. The molecule has 8 heteroatoms. The number of aryl methyl sites for hydroxylation is 2. The predicted octanol–water partition coefficient (Wildman–Crippen LogP) is 4.46. The van der Waals surface area contributed by atoms with Gasteiger partial charge in [-0.15, -0.1) is 0 Å². The van der Waals surface area contributed by atoms with Crippen LogP contribution in [0.25, 0.3) is 28.0 Å². The van der Waals surface area contributed by atoms with Gasteiger partial charge in [0.25, 0.3) is 0 Å². The standard InChI is InChI=1S/C22H21N3O5/c1-12-20(13(2)30-24-12)17-11-23-25-6-3-15(9-18(17)25)19-10-16(22(26)27)21(29-19)14-4-7-28-8-5-14/h3,6,9-11,14H,4-5,7-8H2,1-2H3,(H,26,27). The molecule has 1 aliphatic rings. The van der Waals surface area contributed by atoms with Gasteiger partial charge in [0.15, 0.2) is 0 Å². The van der Waals surface area contributed by atoms with Crippen molar-refractivity contribution < 1.29 is 23.6 Å². The molecule has 0 saturated carbocycles. The van der Waals surface area contributed by atoms with Gasteiger partial charge in [-0.05, 0) is 44.9 Å². The first-order valence-electron chi connectivity index (χ1n) is 9.88. The zero-order chi connectivity index (χ0) is 20.8. The first-order chi connectivity index (χ1) is 14.5. The van der Waals surface area contributed by atoms with Crippen LogP contribution in [-0.4, -0.2) is 39.1 Å². The number of nitrogens with zero attached hydrogens (tertiary/aromatic N) is 3. The van der Waals surface area contributed by atoms with Gasteiger partial charge in [0.1, 0.15) is 22.8 Å². The van der Waals surface area contributed by atoms with Crippen molar-refractivity contribution in [3.05, 3.63) is 53.4 Å². The highest BCUT2D eigenvalue weighted by molar-refractivity contribution is 5.91. The topological polar surface area (TPSA) is 103 Å². The normalized spacial score (nSPS) is 15.1. The summed E-state index contributed by atoms with van der Waals surface area (Å²) in [7, 11) is 0. The molecule has 0 aliphatic carbocycles. The van der Waals surface area contributed by atoms with Crippen molar-refractivity contribution >= 4 is 11.5 Å². The van der Waals surface area contributed by atoms with E-state index in [0.717, 1.165) is 46.5 Å². The molecule has 0 radical (unpaired) electrons. The molecule has 1 aliphatic heterocycles. The molecule has 30 heavy (non-hydrogen) atoms. The van der Waals surface area contributed by atoms with Gasteiger partial charge in [-0.3, -0.25) is 0 Å². The lowest BCUT2D eigenvalue weighted by Gasteiger charge is -2.20. The maximum Gasteiger partial charge on any atom is 0.339 e. The highest BCUT2D eigenvalue weighted by atomic mass is 16.5. The number of ether oxygens (including phenoxy) is 1. The maximum atomic E-state index is 11.8. The Kier molecular flexibility index (Phi) is 4.43. The van der Waals surface area contributed by atoms with Crippen LogP contribution in [0.15, 0.2) is 39.5 Å². The lowest BCUT2D eigenvalue weighted by molar-refractivity contribution is 0.0676. The molecule has 4 aromatic rings. The van der Waals surface area contributed by atoms with Crippen LogP contribution >= 0.6 is 0 Å². The second-order valence-corrected chi connectivity index (χ2v) is 7.58. The number of hydrogen-bond acceptors (Lipinski definition) is 6. The van der Waals surface area contributed by atoms with Crippen molar-refractivity contribution in [3.63, 3.8) is 0 Å². The van der Waals surface area contributed by atoms with Gasteiger partial charge in [0.2, 0.25) is 0 Å². The molecule has 0 aromatic carbocycles. The summed E-state index contributed by atoms with van der Waals surface area (Å²) in [6, 6.07) is 5.44. The van der Waals surface area contributed by atoms with Crippen molar-refractivity contribution in [2.24, 2.45) is 0 Å². The number of aromatic carboxylic acids is 1. The quantitative estimate of drug-likeness (QED) is 0.533. The Labute approximate surface area is 172 Å². The number of furan rings is 1. The zero-order valence-corrected chi connectivity index (χ0v) is 16.7. The van der Waals surface area contributed by atoms with Crippen molar-refractivity contribution in [3.8, 4) is 22.5 Å². The average Bonchev–Trinajstić information content (AvgIpc) is 3.45. The summed E-state index contributed by atoms with van der Waals surface area (Å²) in [6.07, 6.45) is 5.13. The minimum atomic E-state index is -0.978. The van der Waals surface area contributed by atoms with Crippen molar-refractivity contribution in [2.45, 2.75) is 32.6 Å². The smallest absolute Gasteiger partial charge is 0.339 e. The Bertz CT molecular complexity index is 1220. The first kappa shape index (κ1) is 18.6. The number of carboxylic acid groups (broad SMARTS) is 1. The molecule has 1 fully saturated rings. The molecule has 5 rings (SSSR count). The molecule has 1 saturated heterocycles. The summed E-state index contributed by atoms with van der Waals surface area (Å²) in [6.45, 7) is 4.99. The van der Waals surface area contributed by atoms with E-state index in [0.29, 0.717) is 24.7 Å². The zero-order valence-electron chi connectivity index (χ0n) is 16.7. The highest BCUT2D eigenvalue weighted by Gasteiger charge is 2.27. The van der Waals surface area contributed by atoms with E-state index in [-0.39, 0.29) is 11.5 Å². The molecule has 1 N–H and O–H groups in total. The van der Waals surface area contributed by atoms with Crippen LogP contribution < -0.4 is 0 Å². The average molecular weight is 407 g/mol. The Morgan fingerprint density at radius 1 is 1.23 bits per heavy atom. The number of carbonyl (C=O) groups is 1. The van der Waals surface area contributed by atoms with Crippen LogP contribution in [0.2, 0.25) is 0 Å². The fourth-order valence-electron chi connectivity index (χ4n) is 4.17. The second-order valence-electron chi connectivity index (χ2n) is 7.58. The minimum absolute atomic E-state index is 0.0511. The van der Waals surface area contributed by atoms with Crippen LogP contribution in [0, 0.1) is 13.8 Å². The third kappa shape index (κ3) is 3.00. The summed E-state index contributed by atoms with van der Waals surface area (Å²) in [5.74, 6) is 0.853. The Morgan fingerprint density at radius 2 is 2.03 bits per heavy atom. The Balaban J connectivity index is 1.61. The van der Waals surface area contributed by atoms with Gasteiger partial charge >= 0.3 is 5.97 Å². The molecular formula is C22H21N3O5. The van der Waals surface area contributed by atoms with Crippen LogP contribution in [0.3, 0.4) is 0 Å². The van der Waals surface area contributed by atoms with Gasteiger partial charge in [-0.1, -0.05) is 5.16 Å². The van der Waals surface area contributed by atoms with E-state index < -0.39 is 5.97 Å². The fraction of sp³-hybridized carbons (Fsp3) is 0.318. The van der Waals surface area contributed by atoms with Crippen LogP contribution in [0.4, 0.5) is 0 Å². The third-order valence-corrected chi connectivity index (χ3v) is 5.69. The molecule has 0 atom stereocenters. The van der Waals surface area contributed by atoms with Gasteiger partial charge in [0.05, 0.1) is 23.0 Å². The van der Waals surface area contributed by atoms with E-state index in [4.69, 9.17) is 13.7 Å². The van der Waals surface area contributed by atoms with Crippen molar-refractivity contribution in [1.29, 1.82) is 0 Å². The fourth-order valence-corrected chi connectivity index (χ4v) is 4.17. The number of rotatable bonds is 4. The van der Waals surface area contributed by atoms with Crippen LogP contribution in [-0.2, 0) is 4.74 Å². The monoisotopic (exact) mass is 407 g/mol. The summed E-state index contributed by atoms with van der Waals surface area (Å²) in [5.41, 5.74) is 4.48. The molecule has 8 nitrogen and oxygen atoms in total. The molecule has 0 unspecified atom stereocenters.